The van der Waals surface area contributed by atoms with Gasteiger partial charge in [0.25, 0.3) is 0 Å². The number of Topliss-reactive ketones (excluding diaryl/α,β-unsaturated/α-hetero) is 1. The molecule has 6 nitrogen and oxygen atoms in total. The highest BCUT2D eigenvalue weighted by Gasteiger charge is 2.33. The third-order valence-electron chi connectivity index (χ3n) is 5.64. The van der Waals surface area contributed by atoms with Crippen molar-refractivity contribution in [3.8, 4) is 5.69 Å². The molecule has 0 bridgehead atoms. The molecule has 1 heterocycles. The van der Waals surface area contributed by atoms with Crippen LogP contribution in [0.2, 0.25) is 0 Å². The van der Waals surface area contributed by atoms with Crippen LogP contribution in [0.15, 0.2) is 97.3 Å². The summed E-state index contributed by atoms with van der Waals surface area (Å²) >= 11 is 0. The van der Waals surface area contributed by atoms with Crippen LogP contribution < -0.4 is 4.90 Å². The molecule has 4 aromatic rings. The first kappa shape index (κ1) is 24.7. The molecular formula is C27H22F3N3O3. The summed E-state index contributed by atoms with van der Waals surface area (Å²) in [6, 6.07) is 21.0. The van der Waals surface area contributed by atoms with Gasteiger partial charge in [-0.3, -0.25) is 14.3 Å². The van der Waals surface area contributed by atoms with Gasteiger partial charge in [0.15, 0.2) is 5.82 Å². The highest BCUT2D eigenvalue weighted by Crippen LogP contribution is 2.35. The second kappa shape index (κ2) is 10.5. The van der Waals surface area contributed by atoms with E-state index in [1.165, 1.54) is 30.3 Å². The summed E-state index contributed by atoms with van der Waals surface area (Å²) in [5, 5.41) is 0. The van der Waals surface area contributed by atoms with Gasteiger partial charge in [0.05, 0.1) is 18.7 Å². The first-order valence-corrected chi connectivity index (χ1v) is 11.0. The minimum atomic E-state index is -4.52. The second-order valence-corrected chi connectivity index (χ2v) is 7.89. The van der Waals surface area contributed by atoms with E-state index in [9.17, 15) is 22.8 Å². The van der Waals surface area contributed by atoms with Crippen LogP contribution in [0.25, 0.3) is 5.69 Å². The minimum Gasteiger partial charge on any atom is -0.452 e. The molecule has 184 valence electrons. The first-order chi connectivity index (χ1) is 17.3. The number of anilines is 1. The van der Waals surface area contributed by atoms with Crippen molar-refractivity contribution in [2.45, 2.75) is 18.6 Å². The standard InChI is InChI=1S/C27H22F3N3O3/c1-36-26(35)33(22-10-6-3-7-11-22)23(19-12-14-20(15-13-19)27(28,29)30)18-24(34)25-31-16-17-32(25)21-8-4-2-5-9-21/h2-17,23H,18H2,1H3. The number of benzene rings is 3. The van der Waals surface area contributed by atoms with E-state index < -0.39 is 29.7 Å². The number of hydrogen-bond donors (Lipinski definition) is 0. The lowest BCUT2D eigenvalue weighted by Crippen LogP contribution is -2.36. The Morgan fingerprint density at radius 2 is 1.56 bits per heavy atom. The zero-order valence-corrected chi connectivity index (χ0v) is 19.2. The van der Waals surface area contributed by atoms with Crippen molar-refractivity contribution in [3.63, 3.8) is 0 Å². The quantitative estimate of drug-likeness (QED) is 0.277. The lowest BCUT2D eigenvalue weighted by molar-refractivity contribution is -0.137. The fourth-order valence-corrected chi connectivity index (χ4v) is 3.93. The number of ketones is 1. The number of hydrogen-bond acceptors (Lipinski definition) is 4. The molecule has 1 amide bonds. The summed E-state index contributed by atoms with van der Waals surface area (Å²) in [6.07, 6.45) is -2.40. The van der Waals surface area contributed by atoms with E-state index in [2.05, 4.69) is 4.98 Å². The van der Waals surface area contributed by atoms with Gasteiger partial charge in [-0.25, -0.2) is 9.78 Å². The number of imidazole rings is 1. The van der Waals surface area contributed by atoms with E-state index in [-0.39, 0.29) is 12.2 Å². The van der Waals surface area contributed by atoms with E-state index in [4.69, 9.17) is 4.74 Å². The molecule has 4 rings (SSSR count). The highest BCUT2D eigenvalue weighted by atomic mass is 19.4. The number of halogens is 3. The molecule has 0 saturated carbocycles. The van der Waals surface area contributed by atoms with E-state index in [0.717, 1.165) is 17.8 Å². The van der Waals surface area contributed by atoms with Crippen LogP contribution >= 0.6 is 0 Å². The number of aromatic nitrogens is 2. The molecule has 0 aliphatic heterocycles. The lowest BCUT2D eigenvalue weighted by Gasteiger charge is -2.31. The van der Waals surface area contributed by atoms with E-state index in [1.807, 2.05) is 30.3 Å². The fourth-order valence-electron chi connectivity index (χ4n) is 3.93. The van der Waals surface area contributed by atoms with Gasteiger partial charge in [0.1, 0.15) is 0 Å². The Bertz CT molecular complexity index is 1320. The average molecular weight is 493 g/mol. The Morgan fingerprint density at radius 1 is 0.944 bits per heavy atom. The zero-order chi connectivity index (χ0) is 25.7. The molecule has 1 aromatic heterocycles. The third kappa shape index (κ3) is 5.30. The lowest BCUT2D eigenvalue weighted by atomic mass is 9.97. The largest absolute Gasteiger partial charge is 0.452 e. The zero-order valence-electron chi connectivity index (χ0n) is 19.2. The maximum Gasteiger partial charge on any atom is 0.416 e. The highest BCUT2D eigenvalue weighted by molar-refractivity contribution is 5.96. The van der Waals surface area contributed by atoms with Gasteiger partial charge in [-0.2, -0.15) is 13.2 Å². The van der Waals surface area contributed by atoms with Crippen molar-refractivity contribution in [2.75, 3.05) is 12.0 Å². The molecule has 0 aliphatic rings. The second-order valence-electron chi connectivity index (χ2n) is 7.89. The fraction of sp³-hybridized carbons (Fsp3) is 0.148. The Labute approximate surface area is 205 Å². The Kier molecular flexibility index (Phi) is 7.19. The molecule has 0 saturated heterocycles. The summed E-state index contributed by atoms with van der Waals surface area (Å²) in [4.78, 5) is 31.9. The van der Waals surface area contributed by atoms with Crippen molar-refractivity contribution in [2.24, 2.45) is 0 Å². The normalized spacial score (nSPS) is 12.1. The molecule has 3 aromatic carbocycles. The van der Waals surface area contributed by atoms with Crippen LogP contribution in [0, 0.1) is 0 Å². The molecule has 1 atom stereocenters. The summed E-state index contributed by atoms with van der Waals surface area (Å²) in [6.45, 7) is 0. The predicted octanol–water partition coefficient (Wildman–Crippen LogP) is 6.48. The number of ether oxygens (including phenoxy) is 1. The Hall–Kier alpha value is -4.40. The Balaban J connectivity index is 1.77. The van der Waals surface area contributed by atoms with Crippen molar-refractivity contribution in [1.82, 2.24) is 9.55 Å². The van der Waals surface area contributed by atoms with E-state index >= 15 is 0 Å². The van der Waals surface area contributed by atoms with Crippen molar-refractivity contribution in [1.29, 1.82) is 0 Å². The SMILES string of the molecule is COC(=O)N(c1ccccc1)C(CC(=O)c1nccn1-c1ccccc1)c1ccc(C(F)(F)F)cc1. The number of carbonyl (C=O) groups is 2. The van der Waals surface area contributed by atoms with Gasteiger partial charge >= 0.3 is 12.3 Å². The van der Waals surface area contributed by atoms with Gasteiger partial charge in [0.2, 0.25) is 5.78 Å². The maximum atomic E-state index is 13.5. The minimum absolute atomic E-state index is 0.135. The van der Waals surface area contributed by atoms with Crippen LogP contribution in [0.1, 0.15) is 34.2 Å². The van der Waals surface area contributed by atoms with E-state index in [1.54, 1.807) is 41.1 Å². The van der Waals surface area contributed by atoms with Gasteiger partial charge in [-0.05, 0) is 42.0 Å². The predicted molar refractivity (Wildman–Crippen MR) is 128 cm³/mol. The summed E-state index contributed by atoms with van der Waals surface area (Å²) in [7, 11) is 1.20. The summed E-state index contributed by atoms with van der Waals surface area (Å²) in [5.41, 5.74) is 0.648. The third-order valence-corrected chi connectivity index (χ3v) is 5.64. The topological polar surface area (TPSA) is 64.4 Å². The number of methoxy groups -OCH3 is 1. The molecule has 0 spiro atoms. The van der Waals surface area contributed by atoms with E-state index in [0.29, 0.717) is 11.3 Å². The average Bonchev–Trinajstić information content (AvgIpc) is 3.39. The molecule has 0 radical (unpaired) electrons. The van der Waals surface area contributed by atoms with Crippen LogP contribution in [0.5, 0.6) is 0 Å². The molecule has 0 N–H and O–H groups in total. The molecule has 36 heavy (non-hydrogen) atoms. The van der Waals surface area contributed by atoms with Crippen LogP contribution in [0.4, 0.5) is 23.7 Å². The number of amides is 1. The molecule has 9 heteroatoms. The maximum absolute atomic E-state index is 13.5. The van der Waals surface area contributed by atoms with Crippen molar-refractivity contribution in [3.05, 3.63) is 114 Å². The number of nitrogens with zero attached hydrogens (tertiary/aromatic N) is 3. The first-order valence-electron chi connectivity index (χ1n) is 11.0. The van der Waals surface area contributed by atoms with Crippen molar-refractivity contribution >= 4 is 17.6 Å². The Morgan fingerprint density at radius 3 is 2.14 bits per heavy atom. The number of rotatable bonds is 7. The van der Waals surface area contributed by atoms with Gasteiger partial charge in [-0.1, -0.05) is 48.5 Å². The van der Waals surface area contributed by atoms with Crippen LogP contribution in [-0.4, -0.2) is 28.5 Å². The van der Waals surface area contributed by atoms with Crippen LogP contribution in [0.3, 0.4) is 0 Å². The number of alkyl halides is 3. The van der Waals surface area contributed by atoms with Gasteiger partial charge in [0, 0.05) is 30.2 Å². The van der Waals surface area contributed by atoms with Crippen molar-refractivity contribution < 1.29 is 27.5 Å². The number of carbonyl (C=O) groups excluding carboxylic acids is 2. The monoisotopic (exact) mass is 493 g/mol. The van der Waals surface area contributed by atoms with Gasteiger partial charge < -0.3 is 4.74 Å². The summed E-state index contributed by atoms with van der Waals surface area (Å²) < 4.78 is 46.1. The summed E-state index contributed by atoms with van der Waals surface area (Å²) in [5.74, 6) is -0.269. The number of para-hydroxylation sites is 2. The molecule has 0 fully saturated rings. The molecule has 0 aliphatic carbocycles. The van der Waals surface area contributed by atoms with Gasteiger partial charge in [-0.15, -0.1) is 0 Å². The molecule has 1 unspecified atom stereocenters. The van der Waals surface area contributed by atoms with Crippen LogP contribution in [-0.2, 0) is 10.9 Å². The molecular weight excluding hydrogens is 471 g/mol. The smallest absolute Gasteiger partial charge is 0.416 e.